The molecule has 19 heavy (non-hydrogen) atoms. The average molecular weight is 271 g/mol. The SMILES string of the molecule is CCCNCCCCCc1c(F)cc(OC)cc1F. The van der Waals surface area contributed by atoms with Crippen LogP contribution in [-0.2, 0) is 6.42 Å². The fourth-order valence-corrected chi connectivity index (χ4v) is 1.97. The third-order valence-corrected chi connectivity index (χ3v) is 3.06. The van der Waals surface area contributed by atoms with Crippen molar-refractivity contribution in [3.05, 3.63) is 29.3 Å². The molecule has 4 heteroatoms. The van der Waals surface area contributed by atoms with E-state index in [1.54, 1.807) is 0 Å². The van der Waals surface area contributed by atoms with Crippen molar-refractivity contribution in [2.75, 3.05) is 20.2 Å². The summed E-state index contributed by atoms with van der Waals surface area (Å²) in [7, 11) is 1.40. The molecule has 0 fully saturated rings. The van der Waals surface area contributed by atoms with E-state index in [4.69, 9.17) is 4.74 Å². The van der Waals surface area contributed by atoms with Gasteiger partial charge in [0, 0.05) is 17.7 Å². The largest absolute Gasteiger partial charge is 0.497 e. The number of methoxy groups -OCH3 is 1. The lowest BCUT2D eigenvalue weighted by molar-refractivity contribution is 0.405. The molecule has 0 aliphatic heterocycles. The van der Waals surface area contributed by atoms with E-state index in [9.17, 15) is 8.78 Å². The van der Waals surface area contributed by atoms with Crippen molar-refractivity contribution in [1.29, 1.82) is 0 Å². The average Bonchev–Trinajstić information content (AvgIpc) is 2.40. The van der Waals surface area contributed by atoms with E-state index in [0.29, 0.717) is 6.42 Å². The first-order chi connectivity index (χ1) is 9.19. The predicted molar refractivity (Wildman–Crippen MR) is 73.6 cm³/mol. The first kappa shape index (κ1) is 15.9. The van der Waals surface area contributed by atoms with Gasteiger partial charge >= 0.3 is 0 Å². The van der Waals surface area contributed by atoms with E-state index >= 15 is 0 Å². The van der Waals surface area contributed by atoms with Crippen molar-refractivity contribution in [2.24, 2.45) is 0 Å². The zero-order valence-electron chi connectivity index (χ0n) is 11.8. The number of hydrogen-bond donors (Lipinski definition) is 1. The summed E-state index contributed by atoms with van der Waals surface area (Å²) in [4.78, 5) is 0. The number of rotatable bonds is 9. The van der Waals surface area contributed by atoms with Crippen molar-refractivity contribution >= 4 is 0 Å². The van der Waals surface area contributed by atoms with E-state index < -0.39 is 11.6 Å². The Morgan fingerprint density at radius 3 is 2.32 bits per heavy atom. The Hall–Kier alpha value is -1.16. The zero-order chi connectivity index (χ0) is 14.1. The van der Waals surface area contributed by atoms with Crippen LogP contribution in [0.15, 0.2) is 12.1 Å². The van der Waals surface area contributed by atoms with Crippen molar-refractivity contribution in [3.8, 4) is 5.75 Å². The minimum absolute atomic E-state index is 0.169. The molecular formula is C15H23F2NO. The molecule has 1 aromatic carbocycles. The van der Waals surface area contributed by atoms with Crippen molar-refractivity contribution < 1.29 is 13.5 Å². The van der Waals surface area contributed by atoms with Gasteiger partial charge in [0.1, 0.15) is 17.4 Å². The Bertz CT molecular complexity index is 359. The number of ether oxygens (including phenoxy) is 1. The second kappa shape index (κ2) is 8.86. The highest BCUT2D eigenvalue weighted by Gasteiger charge is 2.11. The van der Waals surface area contributed by atoms with Crippen LogP contribution in [0.25, 0.3) is 0 Å². The van der Waals surface area contributed by atoms with Gasteiger partial charge in [-0.05, 0) is 38.8 Å². The number of benzene rings is 1. The van der Waals surface area contributed by atoms with Crippen LogP contribution in [0.1, 0.15) is 38.2 Å². The lowest BCUT2D eigenvalue weighted by atomic mass is 10.1. The van der Waals surface area contributed by atoms with Gasteiger partial charge in [-0.2, -0.15) is 0 Å². The molecular weight excluding hydrogens is 248 g/mol. The molecule has 0 spiro atoms. The summed E-state index contributed by atoms with van der Waals surface area (Å²) in [6.07, 6.45) is 4.38. The Labute approximate surface area is 114 Å². The van der Waals surface area contributed by atoms with Crippen molar-refractivity contribution in [1.82, 2.24) is 5.32 Å². The Morgan fingerprint density at radius 2 is 1.74 bits per heavy atom. The van der Waals surface area contributed by atoms with Gasteiger partial charge in [-0.3, -0.25) is 0 Å². The van der Waals surface area contributed by atoms with Gasteiger partial charge in [-0.1, -0.05) is 13.3 Å². The molecule has 0 saturated carbocycles. The summed E-state index contributed by atoms with van der Waals surface area (Å²) < 4.78 is 32.1. The van der Waals surface area contributed by atoms with Crippen LogP contribution in [-0.4, -0.2) is 20.2 Å². The third-order valence-electron chi connectivity index (χ3n) is 3.06. The summed E-state index contributed by atoms with van der Waals surface area (Å²) in [6, 6.07) is 2.47. The number of halogens is 2. The lowest BCUT2D eigenvalue weighted by Gasteiger charge is -2.08. The second-order valence-electron chi connectivity index (χ2n) is 4.63. The van der Waals surface area contributed by atoms with E-state index in [1.807, 2.05) is 0 Å². The van der Waals surface area contributed by atoms with Crippen molar-refractivity contribution in [2.45, 2.75) is 39.0 Å². The van der Waals surface area contributed by atoms with Crippen LogP contribution in [0.5, 0.6) is 5.75 Å². The number of nitrogens with one attached hydrogen (secondary N) is 1. The minimum Gasteiger partial charge on any atom is -0.497 e. The second-order valence-corrected chi connectivity index (χ2v) is 4.63. The Balaban J connectivity index is 2.33. The van der Waals surface area contributed by atoms with Gasteiger partial charge in [0.25, 0.3) is 0 Å². The zero-order valence-corrected chi connectivity index (χ0v) is 11.8. The molecule has 0 aliphatic rings. The van der Waals surface area contributed by atoms with E-state index in [1.165, 1.54) is 19.2 Å². The summed E-state index contributed by atoms with van der Waals surface area (Å²) in [5, 5.41) is 3.31. The molecule has 1 N–H and O–H groups in total. The standard InChI is InChI=1S/C15H23F2NO/c1-3-8-18-9-6-4-5-7-13-14(16)10-12(19-2)11-15(13)17/h10-11,18H,3-9H2,1-2H3. The third kappa shape index (κ3) is 5.55. The maximum absolute atomic E-state index is 13.6. The number of unbranched alkanes of at least 4 members (excludes halogenated alkanes) is 2. The van der Waals surface area contributed by atoms with Crippen LogP contribution in [0.2, 0.25) is 0 Å². The molecule has 0 saturated heterocycles. The monoisotopic (exact) mass is 271 g/mol. The highest BCUT2D eigenvalue weighted by Crippen LogP contribution is 2.22. The molecule has 108 valence electrons. The quantitative estimate of drug-likeness (QED) is 0.692. The van der Waals surface area contributed by atoms with Crippen LogP contribution in [0.3, 0.4) is 0 Å². The van der Waals surface area contributed by atoms with Gasteiger partial charge in [0.2, 0.25) is 0 Å². The molecule has 0 aliphatic carbocycles. The van der Waals surface area contributed by atoms with Crippen LogP contribution in [0, 0.1) is 11.6 Å². The first-order valence-corrected chi connectivity index (χ1v) is 6.91. The molecule has 1 aromatic rings. The van der Waals surface area contributed by atoms with E-state index in [2.05, 4.69) is 12.2 Å². The first-order valence-electron chi connectivity index (χ1n) is 6.91. The topological polar surface area (TPSA) is 21.3 Å². The molecule has 0 aromatic heterocycles. The Morgan fingerprint density at radius 1 is 1.05 bits per heavy atom. The normalized spacial score (nSPS) is 10.7. The van der Waals surface area contributed by atoms with Gasteiger partial charge in [0.05, 0.1) is 7.11 Å². The maximum Gasteiger partial charge on any atom is 0.133 e. The van der Waals surface area contributed by atoms with Gasteiger partial charge in [-0.25, -0.2) is 8.78 Å². The van der Waals surface area contributed by atoms with Crippen LogP contribution in [0.4, 0.5) is 8.78 Å². The van der Waals surface area contributed by atoms with E-state index in [-0.39, 0.29) is 11.3 Å². The molecule has 0 unspecified atom stereocenters. The minimum atomic E-state index is -0.513. The molecule has 0 heterocycles. The highest BCUT2D eigenvalue weighted by atomic mass is 19.1. The summed E-state index contributed by atoms with van der Waals surface area (Å²) in [6.45, 7) is 4.13. The molecule has 2 nitrogen and oxygen atoms in total. The van der Waals surface area contributed by atoms with Gasteiger partial charge in [0.15, 0.2) is 0 Å². The Kier molecular flexibility index (Phi) is 7.41. The van der Waals surface area contributed by atoms with Crippen LogP contribution >= 0.6 is 0 Å². The fraction of sp³-hybridized carbons (Fsp3) is 0.600. The summed E-state index contributed by atoms with van der Waals surface area (Å²) in [5.41, 5.74) is 0.169. The molecule has 0 amide bonds. The predicted octanol–water partition coefficient (Wildman–Crippen LogP) is 3.69. The molecule has 1 rings (SSSR count). The molecule has 0 radical (unpaired) electrons. The lowest BCUT2D eigenvalue weighted by Crippen LogP contribution is -2.15. The van der Waals surface area contributed by atoms with Gasteiger partial charge in [-0.15, -0.1) is 0 Å². The number of hydrogen-bond acceptors (Lipinski definition) is 2. The van der Waals surface area contributed by atoms with Gasteiger partial charge < -0.3 is 10.1 Å². The molecule has 0 bridgehead atoms. The summed E-state index contributed by atoms with van der Waals surface area (Å²) in [5.74, 6) is -0.801. The van der Waals surface area contributed by atoms with Crippen molar-refractivity contribution in [3.63, 3.8) is 0 Å². The summed E-state index contributed by atoms with van der Waals surface area (Å²) >= 11 is 0. The van der Waals surface area contributed by atoms with E-state index in [0.717, 1.165) is 38.8 Å². The maximum atomic E-state index is 13.6. The smallest absolute Gasteiger partial charge is 0.133 e. The fourth-order valence-electron chi connectivity index (χ4n) is 1.97. The highest BCUT2D eigenvalue weighted by molar-refractivity contribution is 5.30. The van der Waals surface area contributed by atoms with Crippen LogP contribution < -0.4 is 10.1 Å². The molecule has 0 atom stereocenters.